The number of hydrogen-bond acceptors (Lipinski definition) is 10. The number of imidazole rings is 1. The lowest BCUT2D eigenvalue weighted by molar-refractivity contribution is -0.157. The Balaban J connectivity index is 1.19. The number of fused-ring (bicyclic) bond motifs is 3. The molecular weight excluding hydrogens is 670 g/mol. The zero-order chi connectivity index (χ0) is 38.0. The Morgan fingerprint density at radius 1 is 0.962 bits per heavy atom. The third kappa shape index (κ3) is 11.2. The van der Waals surface area contributed by atoms with Crippen LogP contribution in [0.4, 0.5) is 5.82 Å². The van der Waals surface area contributed by atoms with Gasteiger partial charge in [0, 0.05) is 50.6 Å². The standard InChI is InChI=1S/C41H57N7O5/c1-6-8-14-34-45-38-39(32-12-9-10-13-33(32)44-40(38)42)48(34)22-11-21-47(28-37(51)53-41(3,4)5)31-19-23-46(24-20-31)27-35(49)43-26-30-17-15-29(16-18-30)25-36(50)52-7-2/h9-10,12-13,15-18,31H,6-8,11,14,19-28H2,1-5H3,(H2,42,44)(H,43,49). The highest BCUT2D eigenvalue weighted by Crippen LogP contribution is 2.30. The minimum absolute atomic E-state index is 0.0283. The number of unbranched alkanes of at least 4 members (excludes halogenated alkanes) is 1. The van der Waals surface area contributed by atoms with Crippen molar-refractivity contribution in [3.63, 3.8) is 0 Å². The highest BCUT2D eigenvalue weighted by atomic mass is 16.6. The van der Waals surface area contributed by atoms with Crippen molar-refractivity contribution >= 4 is 45.6 Å². The van der Waals surface area contributed by atoms with E-state index in [1.54, 1.807) is 6.92 Å². The molecule has 53 heavy (non-hydrogen) atoms. The molecule has 1 amide bonds. The number of nitrogen functional groups attached to an aromatic ring is 1. The van der Waals surface area contributed by atoms with Crippen molar-refractivity contribution in [1.82, 2.24) is 29.7 Å². The van der Waals surface area contributed by atoms with E-state index in [1.807, 2.05) is 63.2 Å². The number of ether oxygens (including phenoxy) is 2. The SMILES string of the molecule is CCCCc1nc2c(N)nc3ccccc3c2n1CCCN(CC(=O)OC(C)(C)C)C1CCN(CC(=O)NCc2ccc(CC(=O)OCC)cc2)CC1. The lowest BCUT2D eigenvalue weighted by atomic mass is 10.0. The largest absolute Gasteiger partial charge is 0.466 e. The van der Waals surface area contributed by atoms with E-state index >= 15 is 0 Å². The van der Waals surface area contributed by atoms with Gasteiger partial charge in [0.15, 0.2) is 5.82 Å². The maximum Gasteiger partial charge on any atom is 0.320 e. The molecule has 3 N–H and O–H groups in total. The number of aryl methyl sites for hydroxylation is 2. The fourth-order valence-electron chi connectivity index (χ4n) is 7.09. The number of nitrogens with zero attached hydrogens (tertiary/aromatic N) is 5. The first-order chi connectivity index (χ1) is 25.4. The van der Waals surface area contributed by atoms with Gasteiger partial charge in [0.25, 0.3) is 0 Å². The second kappa shape index (κ2) is 18.5. The quantitative estimate of drug-likeness (QED) is 0.135. The van der Waals surface area contributed by atoms with Crippen molar-refractivity contribution in [1.29, 1.82) is 0 Å². The number of benzene rings is 2. The Labute approximate surface area is 313 Å². The fourth-order valence-corrected chi connectivity index (χ4v) is 7.09. The summed E-state index contributed by atoms with van der Waals surface area (Å²) in [7, 11) is 0. The van der Waals surface area contributed by atoms with Gasteiger partial charge in [-0.05, 0) is 70.6 Å². The summed E-state index contributed by atoms with van der Waals surface area (Å²) in [6.07, 6.45) is 5.70. The first-order valence-electron chi connectivity index (χ1n) is 19.2. The van der Waals surface area contributed by atoms with Gasteiger partial charge in [0.1, 0.15) is 16.9 Å². The molecule has 286 valence electrons. The number of aromatic nitrogens is 3. The van der Waals surface area contributed by atoms with Crippen LogP contribution >= 0.6 is 0 Å². The number of anilines is 1. The zero-order valence-electron chi connectivity index (χ0n) is 32.2. The van der Waals surface area contributed by atoms with E-state index in [0.717, 1.165) is 97.0 Å². The van der Waals surface area contributed by atoms with E-state index in [9.17, 15) is 14.4 Å². The van der Waals surface area contributed by atoms with Crippen LogP contribution in [0, 0.1) is 0 Å². The summed E-state index contributed by atoms with van der Waals surface area (Å²) >= 11 is 0. The van der Waals surface area contributed by atoms with E-state index in [4.69, 9.17) is 20.2 Å². The summed E-state index contributed by atoms with van der Waals surface area (Å²) in [4.78, 5) is 51.9. The number of rotatable bonds is 17. The van der Waals surface area contributed by atoms with Gasteiger partial charge in [-0.15, -0.1) is 0 Å². The number of nitrogens with two attached hydrogens (primary N) is 1. The maximum atomic E-state index is 13.1. The first kappa shape index (κ1) is 39.7. The topological polar surface area (TPSA) is 145 Å². The third-order valence-electron chi connectivity index (χ3n) is 9.63. The molecule has 4 aromatic rings. The molecule has 1 fully saturated rings. The molecule has 2 aromatic carbocycles. The number of hydrogen-bond donors (Lipinski definition) is 2. The summed E-state index contributed by atoms with van der Waals surface area (Å²) in [5.41, 5.74) is 10.3. The summed E-state index contributed by atoms with van der Waals surface area (Å²) in [5, 5.41) is 4.07. The van der Waals surface area contributed by atoms with Crippen LogP contribution in [0.5, 0.6) is 0 Å². The molecule has 0 bridgehead atoms. The number of likely N-dealkylation sites (tertiary alicyclic amines) is 1. The molecule has 1 aliphatic rings. The van der Waals surface area contributed by atoms with Gasteiger partial charge in [0.05, 0.1) is 37.2 Å². The maximum absolute atomic E-state index is 13.1. The predicted octanol–water partition coefficient (Wildman–Crippen LogP) is 5.43. The van der Waals surface area contributed by atoms with Crippen molar-refractivity contribution in [2.45, 2.75) is 104 Å². The van der Waals surface area contributed by atoms with Gasteiger partial charge < -0.3 is 25.1 Å². The molecule has 0 radical (unpaired) electrons. The molecule has 2 aromatic heterocycles. The van der Waals surface area contributed by atoms with E-state index in [1.165, 1.54) is 0 Å². The van der Waals surface area contributed by atoms with Crippen LogP contribution in [0.25, 0.3) is 21.9 Å². The van der Waals surface area contributed by atoms with Gasteiger partial charge in [-0.25, -0.2) is 9.97 Å². The average Bonchev–Trinajstić information content (AvgIpc) is 3.48. The number of para-hydroxylation sites is 1. The normalized spacial score (nSPS) is 14.2. The predicted molar refractivity (Wildman–Crippen MR) is 208 cm³/mol. The Hall–Kier alpha value is -4.55. The van der Waals surface area contributed by atoms with Crippen molar-refractivity contribution < 1.29 is 23.9 Å². The molecule has 0 saturated carbocycles. The van der Waals surface area contributed by atoms with Crippen molar-refractivity contribution in [2.24, 2.45) is 0 Å². The number of pyridine rings is 1. The summed E-state index contributed by atoms with van der Waals surface area (Å²) in [5.74, 6) is 0.962. The number of amides is 1. The Kier molecular flexibility index (Phi) is 13.8. The van der Waals surface area contributed by atoms with Crippen LogP contribution < -0.4 is 11.1 Å². The van der Waals surface area contributed by atoms with Crippen molar-refractivity contribution in [3.8, 4) is 0 Å². The smallest absolute Gasteiger partial charge is 0.320 e. The number of nitrogens with one attached hydrogen (secondary N) is 1. The monoisotopic (exact) mass is 727 g/mol. The number of piperidine rings is 1. The molecule has 0 atom stereocenters. The van der Waals surface area contributed by atoms with Gasteiger partial charge in [-0.3, -0.25) is 24.2 Å². The van der Waals surface area contributed by atoms with Crippen LogP contribution in [-0.2, 0) is 49.8 Å². The Morgan fingerprint density at radius 2 is 1.68 bits per heavy atom. The minimum atomic E-state index is -0.566. The van der Waals surface area contributed by atoms with E-state index < -0.39 is 5.60 Å². The summed E-state index contributed by atoms with van der Waals surface area (Å²) in [6.45, 7) is 14.0. The van der Waals surface area contributed by atoms with Crippen LogP contribution in [0.3, 0.4) is 0 Å². The molecular formula is C41H57N7O5. The second-order valence-electron chi connectivity index (χ2n) is 15.0. The lowest BCUT2D eigenvalue weighted by Gasteiger charge is -2.38. The molecule has 3 heterocycles. The third-order valence-corrected chi connectivity index (χ3v) is 9.63. The highest BCUT2D eigenvalue weighted by molar-refractivity contribution is 6.06. The number of carbonyl (C=O) groups is 3. The molecule has 1 saturated heterocycles. The Morgan fingerprint density at radius 3 is 2.38 bits per heavy atom. The van der Waals surface area contributed by atoms with Gasteiger partial charge >= 0.3 is 11.9 Å². The van der Waals surface area contributed by atoms with E-state index in [0.29, 0.717) is 32.1 Å². The van der Waals surface area contributed by atoms with Crippen molar-refractivity contribution in [2.75, 3.05) is 45.1 Å². The van der Waals surface area contributed by atoms with Crippen molar-refractivity contribution in [3.05, 3.63) is 65.5 Å². The van der Waals surface area contributed by atoms with Crippen LogP contribution in [-0.4, -0.2) is 93.2 Å². The minimum Gasteiger partial charge on any atom is -0.466 e. The lowest BCUT2D eigenvalue weighted by Crippen LogP contribution is -2.49. The van der Waals surface area contributed by atoms with Crippen LogP contribution in [0.15, 0.2) is 48.5 Å². The molecule has 12 nitrogen and oxygen atoms in total. The average molecular weight is 728 g/mol. The zero-order valence-corrected chi connectivity index (χ0v) is 32.2. The highest BCUT2D eigenvalue weighted by Gasteiger charge is 2.29. The summed E-state index contributed by atoms with van der Waals surface area (Å²) in [6, 6.07) is 15.9. The molecule has 1 aliphatic heterocycles. The van der Waals surface area contributed by atoms with Gasteiger partial charge in [-0.1, -0.05) is 55.8 Å². The Bertz CT molecular complexity index is 1840. The first-order valence-corrected chi connectivity index (χ1v) is 19.2. The fraction of sp³-hybridized carbons (Fsp3) is 0.537. The number of esters is 2. The number of carbonyl (C=O) groups excluding carboxylic acids is 3. The molecule has 0 spiro atoms. The molecule has 0 aliphatic carbocycles. The molecule has 0 unspecified atom stereocenters. The van der Waals surface area contributed by atoms with E-state index in [2.05, 4.69) is 37.7 Å². The molecule has 5 rings (SSSR count). The van der Waals surface area contributed by atoms with Crippen LogP contribution in [0.2, 0.25) is 0 Å². The van der Waals surface area contributed by atoms with Gasteiger partial charge in [-0.2, -0.15) is 0 Å². The van der Waals surface area contributed by atoms with E-state index in [-0.39, 0.29) is 36.9 Å². The molecule has 12 heteroatoms. The van der Waals surface area contributed by atoms with Crippen LogP contribution in [0.1, 0.15) is 83.7 Å². The van der Waals surface area contributed by atoms with Gasteiger partial charge in [0.2, 0.25) is 5.91 Å². The second-order valence-corrected chi connectivity index (χ2v) is 15.0. The summed E-state index contributed by atoms with van der Waals surface area (Å²) < 4.78 is 13.1.